The van der Waals surface area contributed by atoms with E-state index in [4.69, 9.17) is 16.3 Å². The summed E-state index contributed by atoms with van der Waals surface area (Å²) in [5.74, 6) is -0.376. The van der Waals surface area contributed by atoms with E-state index in [-0.39, 0.29) is 23.0 Å². The number of hydrogen-bond donors (Lipinski definition) is 2. The highest BCUT2D eigenvalue weighted by atomic mass is 35.5. The number of halogens is 2. The topological polar surface area (TPSA) is 88.5 Å². The summed E-state index contributed by atoms with van der Waals surface area (Å²) in [6, 6.07) is 3.64. The first-order valence-corrected chi connectivity index (χ1v) is 10.4. The van der Waals surface area contributed by atoms with Gasteiger partial charge in [0, 0.05) is 25.2 Å². The molecule has 0 bridgehead atoms. The molecule has 3 heterocycles. The molecule has 2 N–H and O–H groups in total. The molecule has 2 amide bonds. The molecular formula is C21H23ClFN5O3. The lowest BCUT2D eigenvalue weighted by Crippen LogP contribution is -2.42. The van der Waals surface area contributed by atoms with Crippen LogP contribution in [0.3, 0.4) is 0 Å². The van der Waals surface area contributed by atoms with Gasteiger partial charge in [0.15, 0.2) is 0 Å². The maximum Gasteiger partial charge on any atom is 0.273 e. The molecule has 0 radical (unpaired) electrons. The number of anilines is 1. The Kier molecular flexibility index (Phi) is 6.35. The summed E-state index contributed by atoms with van der Waals surface area (Å²) < 4.78 is 20.4. The van der Waals surface area contributed by atoms with E-state index >= 15 is 0 Å². The largest absolute Gasteiger partial charge is 0.378 e. The zero-order chi connectivity index (χ0) is 22.0. The van der Waals surface area contributed by atoms with Crippen molar-refractivity contribution in [1.82, 2.24) is 19.8 Å². The van der Waals surface area contributed by atoms with Crippen LogP contribution in [-0.2, 0) is 16.1 Å². The molecule has 8 nitrogen and oxygen atoms in total. The van der Waals surface area contributed by atoms with Crippen molar-refractivity contribution in [2.75, 3.05) is 31.6 Å². The lowest BCUT2D eigenvalue weighted by atomic mass is 10.2. The van der Waals surface area contributed by atoms with Crippen molar-refractivity contribution in [3.63, 3.8) is 0 Å². The van der Waals surface area contributed by atoms with Crippen LogP contribution in [0.25, 0.3) is 0 Å². The number of fused-ring (bicyclic) bond motifs is 1. The Hall–Kier alpha value is -2.75. The van der Waals surface area contributed by atoms with Gasteiger partial charge in [0.05, 0.1) is 42.7 Å². The summed E-state index contributed by atoms with van der Waals surface area (Å²) in [6.07, 6.45) is 4.85. The van der Waals surface area contributed by atoms with Gasteiger partial charge in [-0.1, -0.05) is 17.7 Å². The average molecular weight is 448 g/mol. The second-order valence-corrected chi connectivity index (χ2v) is 7.98. The van der Waals surface area contributed by atoms with Crippen LogP contribution in [0.5, 0.6) is 0 Å². The molecule has 4 rings (SSSR count). The molecule has 0 spiro atoms. The van der Waals surface area contributed by atoms with Crippen LogP contribution in [0, 0.1) is 5.82 Å². The van der Waals surface area contributed by atoms with Gasteiger partial charge < -0.3 is 24.8 Å². The number of benzene rings is 1. The number of morpholine rings is 1. The van der Waals surface area contributed by atoms with Crippen molar-refractivity contribution >= 4 is 29.1 Å². The van der Waals surface area contributed by atoms with E-state index in [0.717, 1.165) is 12.6 Å². The van der Waals surface area contributed by atoms with Crippen molar-refractivity contribution in [2.24, 2.45) is 0 Å². The lowest BCUT2D eigenvalue weighted by Gasteiger charge is -2.32. The summed E-state index contributed by atoms with van der Waals surface area (Å²) >= 11 is 6.01. The Balaban J connectivity index is 1.45. The van der Waals surface area contributed by atoms with E-state index in [9.17, 15) is 14.0 Å². The fraction of sp³-hybridized carbons (Fsp3) is 0.381. The summed E-state index contributed by atoms with van der Waals surface area (Å²) in [5, 5.41) is 6.08. The number of nitrogens with zero attached hydrogens (tertiary/aromatic N) is 3. The number of hydrogen-bond acceptors (Lipinski definition) is 5. The van der Waals surface area contributed by atoms with Crippen LogP contribution >= 0.6 is 11.6 Å². The number of nitrogens with one attached hydrogen (secondary N) is 2. The van der Waals surface area contributed by atoms with Crippen LogP contribution in [-0.4, -0.2) is 58.6 Å². The Morgan fingerprint density at radius 3 is 3.00 bits per heavy atom. The molecule has 1 fully saturated rings. The fourth-order valence-corrected chi connectivity index (χ4v) is 3.98. The number of carbonyl (C=O) groups excluding carboxylic acids is 2. The van der Waals surface area contributed by atoms with E-state index in [0.29, 0.717) is 43.5 Å². The maximum atomic E-state index is 13.2. The first kappa shape index (κ1) is 21.5. The molecule has 1 aromatic carbocycles. The van der Waals surface area contributed by atoms with E-state index in [1.807, 2.05) is 17.6 Å². The molecular weight excluding hydrogens is 425 g/mol. The van der Waals surface area contributed by atoms with Crippen LogP contribution in [0.4, 0.5) is 10.1 Å². The minimum Gasteiger partial charge on any atom is -0.378 e. The quantitative estimate of drug-likeness (QED) is 0.702. The van der Waals surface area contributed by atoms with Crippen molar-refractivity contribution < 1.29 is 18.7 Å². The number of carbonyl (C=O) groups is 2. The van der Waals surface area contributed by atoms with Gasteiger partial charge in [0.1, 0.15) is 17.3 Å². The molecule has 2 aromatic rings. The van der Waals surface area contributed by atoms with Crippen LogP contribution < -0.4 is 10.6 Å². The lowest BCUT2D eigenvalue weighted by molar-refractivity contribution is -0.128. The normalized spacial score (nSPS) is 21.2. The Morgan fingerprint density at radius 2 is 2.26 bits per heavy atom. The maximum absolute atomic E-state index is 13.2. The van der Waals surface area contributed by atoms with Crippen LogP contribution in [0.1, 0.15) is 29.3 Å². The molecule has 31 heavy (non-hydrogen) atoms. The fourth-order valence-electron chi connectivity index (χ4n) is 3.77. The van der Waals surface area contributed by atoms with E-state index < -0.39 is 11.7 Å². The number of rotatable bonds is 4. The minimum atomic E-state index is -0.482. The molecule has 1 saturated heterocycles. The number of aromatic nitrogens is 2. The van der Waals surface area contributed by atoms with Gasteiger partial charge in [-0.25, -0.2) is 9.37 Å². The molecule has 1 aromatic heterocycles. The van der Waals surface area contributed by atoms with Crippen LogP contribution in [0.2, 0.25) is 5.02 Å². The third kappa shape index (κ3) is 4.79. The molecule has 2 aliphatic rings. The first-order valence-electron chi connectivity index (χ1n) is 10.0. The molecule has 2 atom stereocenters. The van der Waals surface area contributed by atoms with Gasteiger partial charge in [0.2, 0.25) is 5.91 Å². The number of imidazole rings is 1. The molecule has 0 aliphatic carbocycles. The van der Waals surface area contributed by atoms with Gasteiger partial charge in [-0.15, -0.1) is 0 Å². The first-order chi connectivity index (χ1) is 14.9. The van der Waals surface area contributed by atoms with E-state index in [1.165, 1.54) is 18.3 Å². The Labute approximate surface area is 184 Å². The SMILES string of the molecule is C[C@@H]1CN(C(=O)/C=C/C2COCCN2)Cc2ncc(C(=O)Nc3ccc(F)cc3Cl)n21. The predicted octanol–water partition coefficient (Wildman–Crippen LogP) is 2.38. The second-order valence-electron chi connectivity index (χ2n) is 7.57. The summed E-state index contributed by atoms with van der Waals surface area (Å²) in [6.45, 7) is 4.64. The smallest absolute Gasteiger partial charge is 0.273 e. The molecule has 10 heteroatoms. The minimum absolute atomic E-state index is 0.0236. The standard InChI is InChI=1S/C21H23ClFN5O3/c1-13-10-27(20(29)5-3-15-12-31-7-6-24-15)11-19-25-9-18(28(13)19)21(30)26-17-4-2-14(23)8-16(17)22/h2-5,8-9,13,15,24H,6-7,10-12H2,1H3,(H,26,30)/b5-3+/t13-,15?/m1/s1. The van der Waals surface area contributed by atoms with E-state index in [1.54, 1.807) is 11.0 Å². The van der Waals surface area contributed by atoms with Crippen molar-refractivity contribution in [3.05, 3.63) is 58.9 Å². The molecule has 2 aliphatic heterocycles. The number of amides is 2. The van der Waals surface area contributed by atoms with Gasteiger partial charge in [-0.3, -0.25) is 9.59 Å². The summed E-state index contributed by atoms with van der Waals surface area (Å²) in [7, 11) is 0. The zero-order valence-corrected chi connectivity index (χ0v) is 17.7. The predicted molar refractivity (Wildman–Crippen MR) is 113 cm³/mol. The monoisotopic (exact) mass is 447 g/mol. The van der Waals surface area contributed by atoms with E-state index in [2.05, 4.69) is 15.6 Å². The summed E-state index contributed by atoms with van der Waals surface area (Å²) in [4.78, 5) is 31.5. The van der Waals surface area contributed by atoms with Crippen molar-refractivity contribution in [3.8, 4) is 0 Å². The molecule has 1 unspecified atom stereocenters. The van der Waals surface area contributed by atoms with Gasteiger partial charge in [-0.2, -0.15) is 0 Å². The molecule has 0 saturated carbocycles. The van der Waals surface area contributed by atoms with Crippen molar-refractivity contribution in [1.29, 1.82) is 0 Å². The van der Waals surface area contributed by atoms with Crippen molar-refractivity contribution in [2.45, 2.75) is 25.6 Å². The van der Waals surface area contributed by atoms with Gasteiger partial charge >= 0.3 is 0 Å². The van der Waals surface area contributed by atoms with Gasteiger partial charge in [0.25, 0.3) is 5.91 Å². The third-order valence-electron chi connectivity index (χ3n) is 5.28. The highest BCUT2D eigenvalue weighted by molar-refractivity contribution is 6.33. The second kappa shape index (κ2) is 9.17. The highest BCUT2D eigenvalue weighted by Crippen LogP contribution is 2.26. The van der Waals surface area contributed by atoms with Crippen LogP contribution in [0.15, 0.2) is 36.5 Å². The summed E-state index contributed by atoms with van der Waals surface area (Å²) in [5.41, 5.74) is 0.670. The highest BCUT2D eigenvalue weighted by Gasteiger charge is 2.29. The van der Waals surface area contributed by atoms with Gasteiger partial charge in [-0.05, 0) is 25.1 Å². The Bertz CT molecular complexity index is 1020. The number of ether oxygens (including phenoxy) is 1. The third-order valence-corrected chi connectivity index (χ3v) is 5.59. The zero-order valence-electron chi connectivity index (χ0n) is 17.0. The molecule has 164 valence electrons. The average Bonchev–Trinajstić information content (AvgIpc) is 3.19. The Morgan fingerprint density at radius 1 is 1.42 bits per heavy atom.